The van der Waals surface area contributed by atoms with Gasteiger partial charge in [-0.05, 0) is 36.6 Å². The number of nitrogens with zero attached hydrogens (tertiary/aromatic N) is 1. The largest absolute Gasteiger partial charge is 0.390 e. The molecule has 4 nitrogen and oxygen atoms in total. The zero-order valence-electron chi connectivity index (χ0n) is 15.0. The molecule has 3 rings (SSSR count). The topological polar surface area (TPSA) is 48.3 Å². The molecule has 0 aliphatic rings. The second-order valence-corrected chi connectivity index (χ2v) is 6.61. The molecule has 3 aromatic rings. The van der Waals surface area contributed by atoms with Gasteiger partial charge in [-0.25, -0.2) is 4.79 Å². The summed E-state index contributed by atoms with van der Waals surface area (Å²) in [6, 6.07) is 13.5. The van der Waals surface area contributed by atoms with E-state index in [9.17, 15) is 9.59 Å². The van der Waals surface area contributed by atoms with Gasteiger partial charge in [-0.3, -0.25) is 4.79 Å². The molecule has 26 heavy (non-hydrogen) atoms. The Morgan fingerprint density at radius 3 is 2.50 bits per heavy atom. The molecule has 0 spiro atoms. The number of benzene rings is 2. The Bertz CT molecular complexity index is 1000. The molecule has 0 aliphatic carbocycles. The molecule has 1 aromatic heterocycles. The highest BCUT2D eigenvalue weighted by atomic mass is 35.5. The summed E-state index contributed by atoms with van der Waals surface area (Å²) in [7, 11) is 0. The third-order valence-electron chi connectivity index (χ3n) is 4.47. The van der Waals surface area contributed by atoms with Crippen molar-refractivity contribution in [1.29, 1.82) is 0 Å². The lowest BCUT2D eigenvalue weighted by atomic mass is 10.1. The highest BCUT2D eigenvalue weighted by Gasteiger charge is 2.25. The van der Waals surface area contributed by atoms with E-state index >= 15 is 0 Å². The summed E-state index contributed by atoms with van der Waals surface area (Å²) in [6.07, 6.45) is 0.626. The minimum atomic E-state index is -0.613. The van der Waals surface area contributed by atoms with Crippen molar-refractivity contribution in [2.45, 2.75) is 33.7 Å². The molecule has 0 aliphatic heterocycles. The van der Waals surface area contributed by atoms with Crippen LogP contribution < -0.4 is 0 Å². The number of fused-ring (bicyclic) bond motifs is 1. The van der Waals surface area contributed by atoms with Gasteiger partial charge in [0.15, 0.2) is 0 Å². The van der Waals surface area contributed by atoms with E-state index in [1.165, 1.54) is 6.92 Å². The van der Waals surface area contributed by atoms with Crippen molar-refractivity contribution in [1.82, 2.24) is 4.57 Å². The molecule has 0 atom stereocenters. The van der Waals surface area contributed by atoms with Gasteiger partial charge >= 0.3 is 11.9 Å². The van der Waals surface area contributed by atoms with Crippen LogP contribution in [0.25, 0.3) is 10.9 Å². The van der Waals surface area contributed by atoms with E-state index in [-0.39, 0.29) is 0 Å². The highest BCUT2D eigenvalue weighted by Crippen LogP contribution is 2.32. The van der Waals surface area contributed by atoms with Crippen molar-refractivity contribution in [3.63, 3.8) is 0 Å². The number of hydrogen-bond donors (Lipinski definition) is 0. The van der Waals surface area contributed by atoms with Crippen molar-refractivity contribution < 1.29 is 14.3 Å². The van der Waals surface area contributed by atoms with Crippen LogP contribution in [0.3, 0.4) is 0 Å². The molecule has 1 heterocycles. The second kappa shape index (κ2) is 7.34. The molecule has 0 radical (unpaired) electrons. The Morgan fingerprint density at radius 2 is 1.85 bits per heavy atom. The molecule has 0 saturated heterocycles. The maximum absolute atomic E-state index is 12.7. The quantitative estimate of drug-likeness (QED) is 0.484. The van der Waals surface area contributed by atoms with Crippen molar-refractivity contribution >= 4 is 34.4 Å². The summed E-state index contributed by atoms with van der Waals surface area (Å²) in [6.45, 7) is 5.71. The van der Waals surface area contributed by atoms with Crippen molar-refractivity contribution in [3.05, 3.63) is 69.9 Å². The van der Waals surface area contributed by atoms with Gasteiger partial charge < -0.3 is 9.30 Å². The summed E-state index contributed by atoms with van der Waals surface area (Å²) in [5, 5.41) is 1.50. The fourth-order valence-electron chi connectivity index (χ4n) is 3.37. The molecule has 0 amide bonds. The summed E-state index contributed by atoms with van der Waals surface area (Å²) in [5.74, 6) is -1.22. The third-order valence-corrected chi connectivity index (χ3v) is 4.84. The summed E-state index contributed by atoms with van der Waals surface area (Å²) in [5.41, 5.74) is 4.15. The lowest BCUT2D eigenvalue weighted by Crippen LogP contribution is -2.13. The first-order chi connectivity index (χ1) is 12.4. The first kappa shape index (κ1) is 18.2. The van der Waals surface area contributed by atoms with Gasteiger partial charge in [-0.1, -0.05) is 48.9 Å². The van der Waals surface area contributed by atoms with E-state index in [1.807, 2.05) is 56.3 Å². The molecule has 0 unspecified atom stereocenters. The SMILES string of the molecule is CCc1c(C(=O)OC(C)=O)c2c(C)cccc2n1Cc1ccccc1Cl. The number of esters is 2. The summed E-state index contributed by atoms with van der Waals surface area (Å²) >= 11 is 6.34. The monoisotopic (exact) mass is 369 g/mol. The Labute approximate surface area is 157 Å². The fourth-order valence-corrected chi connectivity index (χ4v) is 3.57. The zero-order chi connectivity index (χ0) is 18.8. The average molecular weight is 370 g/mol. The van der Waals surface area contributed by atoms with Crippen LogP contribution >= 0.6 is 11.6 Å². The van der Waals surface area contributed by atoms with E-state index in [0.29, 0.717) is 23.6 Å². The fraction of sp³-hybridized carbons (Fsp3) is 0.238. The zero-order valence-corrected chi connectivity index (χ0v) is 15.8. The number of halogens is 1. The van der Waals surface area contributed by atoms with Crippen LogP contribution in [0, 0.1) is 6.92 Å². The number of rotatable bonds is 4. The lowest BCUT2D eigenvalue weighted by Gasteiger charge is -2.12. The molecule has 0 saturated carbocycles. The molecule has 0 bridgehead atoms. The van der Waals surface area contributed by atoms with Gasteiger partial charge in [-0.15, -0.1) is 0 Å². The first-order valence-corrected chi connectivity index (χ1v) is 8.88. The highest BCUT2D eigenvalue weighted by molar-refractivity contribution is 6.31. The van der Waals surface area contributed by atoms with E-state index in [4.69, 9.17) is 16.3 Å². The standard InChI is InChI=1S/C21H20ClNO3/c1-4-17-20(21(25)26-14(3)24)19-13(2)8-7-11-18(19)23(17)12-15-9-5-6-10-16(15)22/h5-11H,4,12H2,1-3H3. The molecule has 0 N–H and O–H groups in total. The Balaban J connectivity index is 2.26. The lowest BCUT2D eigenvalue weighted by molar-refractivity contribution is -0.135. The van der Waals surface area contributed by atoms with Crippen molar-refractivity contribution in [2.75, 3.05) is 0 Å². The van der Waals surface area contributed by atoms with Crippen LogP contribution in [0.5, 0.6) is 0 Å². The van der Waals surface area contributed by atoms with Gasteiger partial charge in [0.2, 0.25) is 0 Å². The van der Waals surface area contributed by atoms with Gasteiger partial charge in [0.25, 0.3) is 0 Å². The second-order valence-electron chi connectivity index (χ2n) is 6.20. The Hall–Kier alpha value is -2.59. The van der Waals surface area contributed by atoms with Crippen LogP contribution in [0.2, 0.25) is 5.02 Å². The smallest absolute Gasteiger partial charge is 0.348 e. The Kier molecular flexibility index (Phi) is 5.14. The molecular weight excluding hydrogens is 350 g/mol. The normalized spacial score (nSPS) is 10.9. The predicted molar refractivity (Wildman–Crippen MR) is 103 cm³/mol. The number of aromatic nitrogens is 1. The van der Waals surface area contributed by atoms with Gasteiger partial charge in [0.05, 0.1) is 5.56 Å². The van der Waals surface area contributed by atoms with E-state index in [0.717, 1.165) is 27.7 Å². The number of hydrogen-bond acceptors (Lipinski definition) is 3. The van der Waals surface area contributed by atoms with Crippen LogP contribution in [0.1, 0.15) is 41.0 Å². The minimum absolute atomic E-state index is 0.461. The molecule has 5 heteroatoms. The molecule has 0 fully saturated rings. The van der Waals surface area contributed by atoms with E-state index < -0.39 is 11.9 Å². The molecule has 2 aromatic carbocycles. The predicted octanol–water partition coefficient (Wildman–Crippen LogP) is 4.92. The maximum atomic E-state index is 12.7. The summed E-state index contributed by atoms with van der Waals surface area (Å²) < 4.78 is 7.00. The van der Waals surface area contributed by atoms with Crippen LogP contribution in [0.4, 0.5) is 0 Å². The first-order valence-electron chi connectivity index (χ1n) is 8.50. The van der Waals surface area contributed by atoms with Gasteiger partial charge in [0, 0.05) is 35.1 Å². The third kappa shape index (κ3) is 3.25. The number of carbonyl (C=O) groups excluding carboxylic acids is 2. The van der Waals surface area contributed by atoms with Gasteiger partial charge in [0.1, 0.15) is 0 Å². The van der Waals surface area contributed by atoms with Crippen molar-refractivity contribution in [2.24, 2.45) is 0 Å². The van der Waals surface area contributed by atoms with Crippen LogP contribution in [-0.2, 0) is 22.5 Å². The van der Waals surface area contributed by atoms with Gasteiger partial charge in [-0.2, -0.15) is 0 Å². The summed E-state index contributed by atoms with van der Waals surface area (Å²) in [4.78, 5) is 24.0. The maximum Gasteiger partial charge on any atom is 0.348 e. The number of carbonyl (C=O) groups is 2. The Morgan fingerprint density at radius 1 is 1.12 bits per heavy atom. The average Bonchev–Trinajstić information content (AvgIpc) is 2.91. The van der Waals surface area contributed by atoms with E-state index in [2.05, 4.69) is 4.57 Å². The van der Waals surface area contributed by atoms with Crippen LogP contribution in [-0.4, -0.2) is 16.5 Å². The van der Waals surface area contributed by atoms with Crippen LogP contribution in [0.15, 0.2) is 42.5 Å². The molecular formula is C21H20ClNO3. The van der Waals surface area contributed by atoms with Crippen molar-refractivity contribution in [3.8, 4) is 0 Å². The van der Waals surface area contributed by atoms with E-state index in [1.54, 1.807) is 0 Å². The molecule has 134 valence electrons. The number of aryl methyl sites for hydroxylation is 1. The minimum Gasteiger partial charge on any atom is -0.390 e. The number of ether oxygens (including phenoxy) is 1.